The summed E-state index contributed by atoms with van der Waals surface area (Å²) in [5, 5.41) is 0. The predicted octanol–water partition coefficient (Wildman–Crippen LogP) is 5.59. The van der Waals surface area contributed by atoms with Gasteiger partial charge in [0.2, 0.25) is 11.6 Å². The largest absolute Gasteiger partial charge is 0.493 e. The van der Waals surface area contributed by atoms with E-state index in [1.54, 1.807) is 18.2 Å². The Morgan fingerprint density at radius 1 is 0.824 bits per heavy atom. The number of rotatable bonds is 6. The molecular formula is C24H15F5O5. The van der Waals surface area contributed by atoms with Crippen LogP contribution in [0.1, 0.15) is 21.5 Å². The van der Waals surface area contributed by atoms with Crippen LogP contribution >= 0.6 is 0 Å². The molecule has 1 heterocycles. The van der Waals surface area contributed by atoms with E-state index in [1.165, 1.54) is 38.5 Å². The van der Waals surface area contributed by atoms with Crippen LogP contribution in [0.4, 0.5) is 22.0 Å². The van der Waals surface area contributed by atoms with Crippen LogP contribution in [0.2, 0.25) is 0 Å². The van der Waals surface area contributed by atoms with Crippen LogP contribution < -0.4 is 18.9 Å². The van der Waals surface area contributed by atoms with Crippen molar-refractivity contribution in [2.45, 2.75) is 6.61 Å². The summed E-state index contributed by atoms with van der Waals surface area (Å²) in [5.41, 5.74) is -0.324. The molecule has 0 radical (unpaired) electrons. The second kappa shape index (κ2) is 9.05. The molecule has 3 aromatic rings. The molecule has 176 valence electrons. The van der Waals surface area contributed by atoms with Crippen LogP contribution in [0.3, 0.4) is 0 Å². The van der Waals surface area contributed by atoms with E-state index in [2.05, 4.69) is 0 Å². The van der Waals surface area contributed by atoms with Crippen LogP contribution in [0.25, 0.3) is 6.08 Å². The third kappa shape index (κ3) is 4.02. The lowest BCUT2D eigenvalue weighted by Gasteiger charge is -2.10. The van der Waals surface area contributed by atoms with Crippen molar-refractivity contribution in [3.63, 3.8) is 0 Å². The van der Waals surface area contributed by atoms with Gasteiger partial charge in [0, 0.05) is 6.07 Å². The summed E-state index contributed by atoms with van der Waals surface area (Å²) in [6.45, 7) is -0.938. The van der Waals surface area contributed by atoms with Crippen molar-refractivity contribution >= 4 is 11.9 Å². The minimum absolute atomic E-state index is 0.000800. The summed E-state index contributed by atoms with van der Waals surface area (Å²) in [5.74, 6) is -9.73. The van der Waals surface area contributed by atoms with Crippen molar-refractivity contribution in [2.75, 3.05) is 14.2 Å². The SMILES string of the molecule is COc1ccc(/C=C2\Oc3cc(OCc4c(F)c(F)c(F)c(F)c4F)ccc3C2=O)cc1OC. The Labute approximate surface area is 189 Å². The molecule has 0 unspecified atom stereocenters. The highest BCUT2D eigenvalue weighted by Gasteiger charge is 2.29. The van der Waals surface area contributed by atoms with Crippen molar-refractivity contribution in [3.05, 3.63) is 87.9 Å². The highest BCUT2D eigenvalue weighted by molar-refractivity contribution is 6.14. The van der Waals surface area contributed by atoms with E-state index < -0.39 is 47.0 Å². The first-order valence-corrected chi connectivity index (χ1v) is 9.68. The average Bonchev–Trinajstić information content (AvgIpc) is 3.15. The zero-order valence-electron chi connectivity index (χ0n) is 17.7. The molecule has 1 aliphatic rings. The van der Waals surface area contributed by atoms with Crippen molar-refractivity contribution in [1.82, 2.24) is 0 Å². The van der Waals surface area contributed by atoms with E-state index in [1.807, 2.05) is 0 Å². The highest BCUT2D eigenvalue weighted by atomic mass is 19.2. The fourth-order valence-electron chi connectivity index (χ4n) is 3.28. The summed E-state index contributed by atoms with van der Waals surface area (Å²) in [6, 6.07) is 8.93. The van der Waals surface area contributed by atoms with Gasteiger partial charge in [-0.25, -0.2) is 22.0 Å². The predicted molar refractivity (Wildman–Crippen MR) is 109 cm³/mol. The molecule has 0 atom stereocenters. The van der Waals surface area contributed by atoms with Crippen LogP contribution in [0.5, 0.6) is 23.0 Å². The lowest BCUT2D eigenvalue weighted by molar-refractivity contribution is 0.101. The minimum atomic E-state index is -2.25. The molecule has 0 saturated heterocycles. The molecule has 0 spiro atoms. The zero-order valence-corrected chi connectivity index (χ0v) is 17.7. The molecule has 0 N–H and O–H groups in total. The van der Waals surface area contributed by atoms with Gasteiger partial charge in [-0.2, -0.15) is 0 Å². The lowest BCUT2D eigenvalue weighted by atomic mass is 10.1. The normalized spacial score (nSPS) is 13.6. The first kappa shape index (κ1) is 23.1. The molecule has 0 aliphatic carbocycles. The smallest absolute Gasteiger partial charge is 0.231 e. The van der Waals surface area contributed by atoms with Gasteiger partial charge in [0.05, 0.1) is 25.3 Å². The number of Topliss-reactive ketones (excluding diaryl/α,β-unsaturated/α-hetero) is 1. The molecule has 1 aliphatic heterocycles. The molecule has 3 aromatic carbocycles. The van der Waals surface area contributed by atoms with Crippen LogP contribution in [-0.2, 0) is 6.61 Å². The van der Waals surface area contributed by atoms with Gasteiger partial charge < -0.3 is 18.9 Å². The molecular weight excluding hydrogens is 463 g/mol. The Kier molecular flexibility index (Phi) is 6.14. The van der Waals surface area contributed by atoms with Gasteiger partial charge in [0.15, 0.2) is 40.5 Å². The number of methoxy groups -OCH3 is 2. The third-order valence-corrected chi connectivity index (χ3v) is 5.03. The van der Waals surface area contributed by atoms with Crippen molar-refractivity contribution < 1.29 is 45.7 Å². The Balaban J connectivity index is 1.55. The molecule has 0 amide bonds. The number of allylic oxidation sites excluding steroid dienone is 1. The number of hydrogen-bond donors (Lipinski definition) is 0. The van der Waals surface area contributed by atoms with E-state index in [0.29, 0.717) is 17.1 Å². The quantitative estimate of drug-likeness (QED) is 0.200. The Hall–Kier alpha value is -4.08. The number of fused-ring (bicyclic) bond motifs is 1. The average molecular weight is 478 g/mol. The molecule has 34 heavy (non-hydrogen) atoms. The molecule has 0 bridgehead atoms. The Morgan fingerprint density at radius 2 is 1.47 bits per heavy atom. The number of carbonyl (C=O) groups excluding carboxylic acids is 1. The van der Waals surface area contributed by atoms with Gasteiger partial charge >= 0.3 is 0 Å². The van der Waals surface area contributed by atoms with Gasteiger partial charge in [-0.15, -0.1) is 0 Å². The number of halogens is 5. The monoisotopic (exact) mass is 478 g/mol. The standard InChI is InChI=1S/C24H15F5O5/c1-31-15-6-3-11(7-17(15)32-2)8-18-24(30)13-5-4-12(9-16(13)34-18)33-10-14-19(25)21(27)23(29)22(28)20(14)26/h3-9H,10H2,1-2H3/b18-8-. The molecule has 5 nitrogen and oxygen atoms in total. The first-order valence-electron chi connectivity index (χ1n) is 9.68. The fourth-order valence-corrected chi connectivity index (χ4v) is 3.28. The van der Waals surface area contributed by atoms with Gasteiger partial charge in [0.25, 0.3) is 0 Å². The maximum absolute atomic E-state index is 13.8. The van der Waals surface area contributed by atoms with E-state index in [9.17, 15) is 26.7 Å². The molecule has 0 fully saturated rings. The molecule has 4 rings (SSSR count). The molecule has 10 heteroatoms. The van der Waals surface area contributed by atoms with E-state index in [4.69, 9.17) is 18.9 Å². The van der Waals surface area contributed by atoms with Crippen molar-refractivity contribution in [2.24, 2.45) is 0 Å². The Bertz CT molecular complexity index is 1310. The van der Waals surface area contributed by atoms with E-state index in [-0.39, 0.29) is 22.8 Å². The zero-order chi connectivity index (χ0) is 24.6. The van der Waals surface area contributed by atoms with Crippen LogP contribution in [0, 0.1) is 29.1 Å². The summed E-state index contributed by atoms with van der Waals surface area (Å²) >= 11 is 0. The third-order valence-electron chi connectivity index (χ3n) is 5.03. The summed E-state index contributed by atoms with van der Waals surface area (Å²) in [6.07, 6.45) is 1.49. The second-order valence-corrected chi connectivity index (χ2v) is 7.05. The fraction of sp³-hybridized carbons (Fsp3) is 0.125. The van der Waals surface area contributed by atoms with Gasteiger partial charge in [-0.1, -0.05) is 6.07 Å². The number of ketones is 1. The topological polar surface area (TPSA) is 54.0 Å². The second-order valence-electron chi connectivity index (χ2n) is 7.05. The van der Waals surface area contributed by atoms with Crippen LogP contribution in [0.15, 0.2) is 42.2 Å². The van der Waals surface area contributed by atoms with Gasteiger partial charge in [0.1, 0.15) is 18.1 Å². The molecule has 0 aromatic heterocycles. The number of benzene rings is 3. The van der Waals surface area contributed by atoms with E-state index in [0.717, 1.165) is 0 Å². The number of ether oxygens (including phenoxy) is 4. The number of carbonyl (C=O) groups is 1. The minimum Gasteiger partial charge on any atom is -0.493 e. The summed E-state index contributed by atoms with van der Waals surface area (Å²) in [7, 11) is 2.96. The Morgan fingerprint density at radius 3 is 2.12 bits per heavy atom. The van der Waals surface area contributed by atoms with Crippen LogP contribution in [-0.4, -0.2) is 20.0 Å². The highest BCUT2D eigenvalue weighted by Crippen LogP contribution is 2.36. The van der Waals surface area contributed by atoms with Crippen molar-refractivity contribution in [3.8, 4) is 23.0 Å². The summed E-state index contributed by atoms with van der Waals surface area (Å²) in [4.78, 5) is 12.7. The molecule has 0 saturated carbocycles. The first-order chi connectivity index (χ1) is 16.2. The number of hydrogen-bond acceptors (Lipinski definition) is 5. The lowest BCUT2D eigenvalue weighted by Crippen LogP contribution is -2.09. The maximum Gasteiger partial charge on any atom is 0.231 e. The van der Waals surface area contributed by atoms with E-state index >= 15 is 0 Å². The summed E-state index contributed by atoms with van der Waals surface area (Å²) < 4.78 is 88.8. The van der Waals surface area contributed by atoms with Crippen molar-refractivity contribution in [1.29, 1.82) is 0 Å². The maximum atomic E-state index is 13.8. The van der Waals surface area contributed by atoms with Gasteiger partial charge in [-0.05, 0) is 35.9 Å². The van der Waals surface area contributed by atoms with Gasteiger partial charge in [-0.3, -0.25) is 4.79 Å².